The van der Waals surface area contributed by atoms with Crippen molar-refractivity contribution in [3.8, 4) is 0 Å². The van der Waals surface area contributed by atoms with Crippen LogP contribution in [0.2, 0.25) is 0 Å². The van der Waals surface area contributed by atoms with Gasteiger partial charge in [-0.3, -0.25) is 4.79 Å². The van der Waals surface area contributed by atoms with Crippen LogP contribution in [0.1, 0.15) is 13.8 Å². The molecule has 0 amide bonds. The lowest BCUT2D eigenvalue weighted by atomic mass is 10.2. The van der Waals surface area contributed by atoms with Crippen molar-refractivity contribution in [3.63, 3.8) is 0 Å². The molecule has 0 aliphatic heterocycles. The molecular formula is C5H8O2S2. The Hall–Kier alpha value is -0.0900. The highest BCUT2D eigenvalue weighted by Gasteiger charge is 2.26. The predicted octanol–water partition coefficient (Wildman–Crippen LogP) is 1.54. The smallest absolute Gasteiger partial charge is 0.319 e. The van der Waals surface area contributed by atoms with Gasteiger partial charge in [-0.1, -0.05) is 12.2 Å². The zero-order valence-electron chi connectivity index (χ0n) is 5.25. The third kappa shape index (κ3) is 2.81. The molecule has 0 aliphatic rings. The number of thiocarbonyl (C=S) groups is 1. The summed E-state index contributed by atoms with van der Waals surface area (Å²) < 4.78 is 0.593. The van der Waals surface area contributed by atoms with E-state index in [0.717, 1.165) is 11.8 Å². The van der Waals surface area contributed by atoms with E-state index in [1.807, 2.05) is 0 Å². The average Bonchev–Trinajstić information content (AvgIpc) is 1.65. The molecule has 0 unspecified atom stereocenters. The first-order valence-electron chi connectivity index (χ1n) is 2.35. The Labute approximate surface area is 63.6 Å². The monoisotopic (exact) mass is 164 g/mol. The van der Waals surface area contributed by atoms with Crippen molar-refractivity contribution in [2.24, 2.45) is 0 Å². The summed E-state index contributed by atoms with van der Waals surface area (Å²) in [5, 5.41) is 8.49. The summed E-state index contributed by atoms with van der Waals surface area (Å²) in [6, 6.07) is 0. The fourth-order valence-electron chi connectivity index (χ4n) is 0.171. The Kier molecular flexibility index (Phi) is 3.14. The molecule has 52 valence electrons. The molecule has 0 saturated carbocycles. The minimum atomic E-state index is -0.839. The molecule has 0 saturated heterocycles. The molecule has 0 bridgehead atoms. The van der Waals surface area contributed by atoms with E-state index in [1.165, 1.54) is 4.70 Å². The maximum Gasteiger partial charge on any atom is 0.319 e. The zero-order chi connectivity index (χ0) is 7.49. The molecule has 0 aromatic heterocycles. The number of aliphatic carboxylic acids is 1. The molecule has 1 N–H and O–H groups in total. The van der Waals surface area contributed by atoms with Gasteiger partial charge in [0.1, 0.15) is 4.75 Å². The lowest BCUT2D eigenvalue weighted by Gasteiger charge is -2.13. The number of carbonyl (C=O) groups is 1. The van der Waals surface area contributed by atoms with Crippen LogP contribution in [-0.2, 0) is 4.79 Å². The standard InChI is InChI=1S/C5H8O2S2/c1-5(2,4(6)7)9-3-8/h3H,1-2H3,(H,6,7). The zero-order valence-corrected chi connectivity index (χ0v) is 6.88. The van der Waals surface area contributed by atoms with Gasteiger partial charge in [0.25, 0.3) is 0 Å². The van der Waals surface area contributed by atoms with Gasteiger partial charge in [0, 0.05) is 4.70 Å². The van der Waals surface area contributed by atoms with Crippen molar-refractivity contribution in [1.82, 2.24) is 0 Å². The highest BCUT2D eigenvalue weighted by Crippen LogP contribution is 2.21. The van der Waals surface area contributed by atoms with Crippen molar-refractivity contribution in [3.05, 3.63) is 0 Å². The summed E-state index contributed by atoms with van der Waals surface area (Å²) >= 11 is 5.63. The van der Waals surface area contributed by atoms with Gasteiger partial charge in [-0.25, -0.2) is 0 Å². The Bertz CT molecular complexity index is 131. The predicted molar refractivity (Wildman–Crippen MR) is 43.0 cm³/mol. The largest absolute Gasteiger partial charge is 0.480 e. The van der Waals surface area contributed by atoms with Crippen LogP contribution in [0.15, 0.2) is 0 Å². The van der Waals surface area contributed by atoms with Crippen LogP contribution < -0.4 is 0 Å². The van der Waals surface area contributed by atoms with E-state index in [4.69, 9.17) is 5.11 Å². The van der Waals surface area contributed by atoms with E-state index in [-0.39, 0.29) is 0 Å². The molecule has 2 nitrogen and oxygen atoms in total. The molecule has 9 heavy (non-hydrogen) atoms. The number of carboxylic acids is 1. The number of carboxylic acid groups (broad SMARTS) is 1. The van der Waals surface area contributed by atoms with Gasteiger partial charge in [0.2, 0.25) is 0 Å². The molecule has 0 atom stereocenters. The summed E-state index contributed by atoms with van der Waals surface area (Å²) in [5.74, 6) is -0.839. The fourth-order valence-corrected chi connectivity index (χ4v) is 1.23. The minimum absolute atomic E-state index is 0.776. The summed E-state index contributed by atoms with van der Waals surface area (Å²) in [6.45, 7) is 3.23. The van der Waals surface area contributed by atoms with E-state index in [0.29, 0.717) is 0 Å². The third-order valence-electron chi connectivity index (χ3n) is 0.858. The molecule has 0 rings (SSSR count). The lowest BCUT2D eigenvalue weighted by molar-refractivity contribution is -0.138. The van der Waals surface area contributed by atoms with E-state index in [2.05, 4.69) is 12.2 Å². The first-order chi connectivity index (χ1) is 4.00. The summed E-state index contributed by atoms with van der Waals surface area (Å²) in [5.41, 5.74) is 0. The maximum atomic E-state index is 10.3. The van der Waals surface area contributed by atoms with Crippen LogP contribution in [0.5, 0.6) is 0 Å². The second kappa shape index (κ2) is 3.17. The molecule has 4 heteroatoms. The van der Waals surface area contributed by atoms with Crippen molar-refractivity contribution in [1.29, 1.82) is 0 Å². The fraction of sp³-hybridized carbons (Fsp3) is 0.600. The second-order valence-electron chi connectivity index (χ2n) is 2.03. The number of hydrogen-bond donors (Lipinski definition) is 1. The number of rotatable bonds is 3. The van der Waals surface area contributed by atoms with Crippen LogP contribution in [-0.4, -0.2) is 20.5 Å². The summed E-state index contributed by atoms with van der Waals surface area (Å²) in [4.78, 5) is 10.3. The van der Waals surface area contributed by atoms with E-state index < -0.39 is 10.7 Å². The number of hydrogen-bond acceptors (Lipinski definition) is 3. The Morgan fingerprint density at radius 2 is 2.22 bits per heavy atom. The topological polar surface area (TPSA) is 37.3 Å². The van der Waals surface area contributed by atoms with Crippen molar-refractivity contribution in [2.45, 2.75) is 18.6 Å². The van der Waals surface area contributed by atoms with Crippen molar-refractivity contribution < 1.29 is 9.90 Å². The van der Waals surface area contributed by atoms with Gasteiger partial charge >= 0.3 is 5.97 Å². The molecule has 0 aromatic carbocycles. The van der Waals surface area contributed by atoms with Gasteiger partial charge in [-0.2, -0.15) is 0 Å². The SMILES string of the molecule is CC(C)(SC=S)C(=O)O. The van der Waals surface area contributed by atoms with Gasteiger partial charge in [0.15, 0.2) is 0 Å². The van der Waals surface area contributed by atoms with E-state index in [1.54, 1.807) is 13.8 Å². The van der Waals surface area contributed by atoms with Crippen LogP contribution in [0, 0.1) is 0 Å². The van der Waals surface area contributed by atoms with Crippen LogP contribution >= 0.6 is 24.0 Å². The Morgan fingerprint density at radius 3 is 2.33 bits per heavy atom. The quantitative estimate of drug-likeness (QED) is 0.642. The average molecular weight is 164 g/mol. The van der Waals surface area contributed by atoms with Crippen molar-refractivity contribution in [2.75, 3.05) is 0 Å². The molecule has 0 fully saturated rings. The normalized spacial score (nSPS) is 10.9. The first kappa shape index (κ1) is 8.91. The lowest BCUT2D eigenvalue weighted by Crippen LogP contribution is -2.26. The summed E-state index contributed by atoms with van der Waals surface area (Å²) in [6.07, 6.45) is 0. The van der Waals surface area contributed by atoms with Gasteiger partial charge in [-0.05, 0) is 13.8 Å². The second-order valence-corrected chi connectivity index (χ2v) is 4.06. The van der Waals surface area contributed by atoms with Crippen LogP contribution in [0.25, 0.3) is 0 Å². The molecule has 0 aliphatic carbocycles. The van der Waals surface area contributed by atoms with Crippen molar-refractivity contribution >= 4 is 34.6 Å². The Morgan fingerprint density at radius 1 is 1.78 bits per heavy atom. The highest BCUT2D eigenvalue weighted by atomic mass is 32.2. The van der Waals surface area contributed by atoms with Crippen LogP contribution in [0.3, 0.4) is 0 Å². The van der Waals surface area contributed by atoms with E-state index in [9.17, 15) is 4.79 Å². The molecule has 0 aromatic rings. The minimum Gasteiger partial charge on any atom is -0.480 e. The van der Waals surface area contributed by atoms with Crippen LogP contribution in [0.4, 0.5) is 0 Å². The van der Waals surface area contributed by atoms with Gasteiger partial charge in [-0.15, -0.1) is 11.8 Å². The van der Waals surface area contributed by atoms with E-state index >= 15 is 0 Å². The molecule has 0 radical (unpaired) electrons. The molecular weight excluding hydrogens is 156 g/mol. The molecule has 0 spiro atoms. The molecule has 0 heterocycles. The highest BCUT2D eigenvalue weighted by molar-refractivity contribution is 8.22. The maximum absolute atomic E-state index is 10.3. The first-order valence-corrected chi connectivity index (χ1v) is 3.70. The Balaban J connectivity index is 4.00. The van der Waals surface area contributed by atoms with Gasteiger partial charge in [0.05, 0.1) is 0 Å². The van der Waals surface area contributed by atoms with Gasteiger partial charge < -0.3 is 5.11 Å². The summed E-state index contributed by atoms with van der Waals surface area (Å²) in [7, 11) is 0. The number of thioether (sulfide) groups is 1. The third-order valence-corrected chi connectivity index (χ3v) is 2.01.